The minimum atomic E-state index is 0.631. The van der Waals surface area contributed by atoms with Crippen LogP contribution >= 0.6 is 0 Å². The number of nitrogens with zero attached hydrogens (tertiary/aromatic N) is 1. The highest BCUT2D eigenvalue weighted by molar-refractivity contribution is 5.23. The van der Waals surface area contributed by atoms with Gasteiger partial charge >= 0.3 is 0 Å². The van der Waals surface area contributed by atoms with Gasteiger partial charge in [-0.25, -0.2) is 0 Å². The van der Waals surface area contributed by atoms with E-state index in [1.807, 2.05) is 0 Å². The zero-order valence-corrected chi connectivity index (χ0v) is 12.8. The number of hydrogen-bond acceptors (Lipinski definition) is 2. The summed E-state index contributed by atoms with van der Waals surface area (Å²) < 4.78 is 0. The fourth-order valence-corrected chi connectivity index (χ4v) is 3.96. The Morgan fingerprint density at radius 3 is 2.75 bits per heavy atom. The van der Waals surface area contributed by atoms with Gasteiger partial charge in [-0.05, 0) is 61.9 Å². The maximum absolute atomic E-state index is 3.50. The van der Waals surface area contributed by atoms with Crippen molar-refractivity contribution in [3.05, 3.63) is 35.4 Å². The van der Waals surface area contributed by atoms with Crippen LogP contribution in [0.15, 0.2) is 24.3 Å². The van der Waals surface area contributed by atoms with Gasteiger partial charge in [0.2, 0.25) is 0 Å². The summed E-state index contributed by atoms with van der Waals surface area (Å²) in [5.41, 5.74) is 3.63. The van der Waals surface area contributed by atoms with Crippen molar-refractivity contribution in [2.75, 3.05) is 26.2 Å². The largest absolute Gasteiger partial charge is 0.317 e. The minimum absolute atomic E-state index is 0.631. The van der Waals surface area contributed by atoms with E-state index in [4.69, 9.17) is 0 Å². The average Bonchev–Trinajstić information content (AvgIpc) is 2.83. The number of likely N-dealkylation sites (tertiary alicyclic amines) is 1. The van der Waals surface area contributed by atoms with Crippen LogP contribution in [-0.4, -0.2) is 31.1 Å². The molecule has 2 aliphatic rings. The van der Waals surface area contributed by atoms with Crippen LogP contribution in [0.25, 0.3) is 0 Å². The molecular weight excluding hydrogens is 244 g/mol. The van der Waals surface area contributed by atoms with E-state index in [0.29, 0.717) is 5.41 Å². The van der Waals surface area contributed by atoms with Crippen LogP contribution in [0.5, 0.6) is 0 Å². The molecule has 1 aromatic rings. The summed E-state index contributed by atoms with van der Waals surface area (Å²) >= 11 is 0. The number of aryl methyl sites for hydroxylation is 1. The van der Waals surface area contributed by atoms with E-state index in [-0.39, 0.29) is 0 Å². The molecule has 0 bridgehead atoms. The van der Waals surface area contributed by atoms with Crippen LogP contribution in [0.3, 0.4) is 0 Å². The van der Waals surface area contributed by atoms with Crippen molar-refractivity contribution in [1.82, 2.24) is 10.2 Å². The molecule has 0 amide bonds. The second-order valence-electron chi connectivity index (χ2n) is 6.78. The van der Waals surface area contributed by atoms with Crippen LogP contribution in [-0.2, 0) is 13.0 Å². The van der Waals surface area contributed by atoms with Gasteiger partial charge in [0.1, 0.15) is 0 Å². The van der Waals surface area contributed by atoms with Crippen molar-refractivity contribution in [2.45, 2.75) is 45.6 Å². The summed E-state index contributed by atoms with van der Waals surface area (Å²) in [5, 5.41) is 3.50. The third-order valence-electron chi connectivity index (χ3n) is 5.12. The molecule has 2 saturated heterocycles. The monoisotopic (exact) mass is 272 g/mol. The molecule has 1 spiro atoms. The third kappa shape index (κ3) is 3.24. The average molecular weight is 272 g/mol. The lowest BCUT2D eigenvalue weighted by atomic mass is 9.78. The first kappa shape index (κ1) is 14.1. The topological polar surface area (TPSA) is 15.3 Å². The van der Waals surface area contributed by atoms with Crippen LogP contribution in [0, 0.1) is 5.41 Å². The Bertz CT molecular complexity index is 435. The lowest BCUT2D eigenvalue weighted by Crippen LogP contribution is -2.38. The van der Waals surface area contributed by atoms with Gasteiger partial charge in [-0.1, -0.05) is 37.6 Å². The van der Waals surface area contributed by atoms with Crippen molar-refractivity contribution in [1.29, 1.82) is 0 Å². The Morgan fingerprint density at radius 1 is 1.15 bits per heavy atom. The molecule has 0 aromatic heterocycles. The van der Waals surface area contributed by atoms with Gasteiger partial charge in [-0.15, -0.1) is 0 Å². The number of hydrogen-bond donors (Lipinski definition) is 1. The molecule has 2 aliphatic heterocycles. The molecule has 1 N–H and O–H groups in total. The number of nitrogens with one attached hydrogen (secondary N) is 1. The van der Waals surface area contributed by atoms with Gasteiger partial charge in [-0.3, -0.25) is 4.90 Å². The molecular formula is C18H28N2. The smallest absolute Gasteiger partial charge is 0.0234 e. The van der Waals surface area contributed by atoms with E-state index in [1.54, 1.807) is 0 Å². The molecule has 3 rings (SSSR count). The molecule has 20 heavy (non-hydrogen) atoms. The Hall–Kier alpha value is -0.860. The molecule has 110 valence electrons. The number of rotatable bonds is 4. The lowest BCUT2D eigenvalue weighted by Gasteiger charge is -2.34. The van der Waals surface area contributed by atoms with E-state index >= 15 is 0 Å². The summed E-state index contributed by atoms with van der Waals surface area (Å²) in [4.78, 5) is 2.68. The summed E-state index contributed by atoms with van der Waals surface area (Å²) in [7, 11) is 0. The van der Waals surface area contributed by atoms with E-state index in [1.165, 1.54) is 69.4 Å². The van der Waals surface area contributed by atoms with Crippen molar-refractivity contribution in [3.63, 3.8) is 0 Å². The molecule has 2 fully saturated rings. The maximum atomic E-state index is 3.50. The molecule has 1 aromatic carbocycles. The highest BCUT2D eigenvalue weighted by atomic mass is 15.2. The standard InChI is InChI=1S/C18H28N2/c1-2-4-16-5-3-6-17(13-16)14-20-12-9-18(15-20)7-10-19-11-8-18/h3,5-6,13,19H,2,4,7-12,14-15H2,1H3. The predicted molar refractivity (Wildman–Crippen MR) is 84.9 cm³/mol. The summed E-state index contributed by atoms with van der Waals surface area (Å²) in [6.45, 7) is 8.45. The van der Waals surface area contributed by atoms with Crippen molar-refractivity contribution in [3.8, 4) is 0 Å². The Kier molecular flexibility index (Phi) is 4.42. The first-order valence-electron chi connectivity index (χ1n) is 8.31. The lowest BCUT2D eigenvalue weighted by molar-refractivity contribution is 0.194. The first-order valence-corrected chi connectivity index (χ1v) is 8.31. The third-order valence-corrected chi connectivity index (χ3v) is 5.12. The molecule has 2 heteroatoms. The first-order chi connectivity index (χ1) is 9.80. The fourth-order valence-electron chi connectivity index (χ4n) is 3.96. The van der Waals surface area contributed by atoms with Gasteiger partial charge in [0.05, 0.1) is 0 Å². The van der Waals surface area contributed by atoms with Crippen molar-refractivity contribution in [2.24, 2.45) is 5.41 Å². The summed E-state index contributed by atoms with van der Waals surface area (Å²) in [6.07, 6.45) is 6.61. The van der Waals surface area contributed by atoms with Crippen LogP contribution < -0.4 is 5.32 Å². The zero-order chi connectivity index (χ0) is 13.8. The van der Waals surface area contributed by atoms with Gasteiger partial charge < -0.3 is 5.32 Å². The normalized spacial score (nSPS) is 22.4. The predicted octanol–water partition coefficient (Wildman–Crippen LogP) is 3.21. The van der Waals surface area contributed by atoms with Gasteiger partial charge in [0.25, 0.3) is 0 Å². The number of benzene rings is 1. The molecule has 2 nitrogen and oxygen atoms in total. The van der Waals surface area contributed by atoms with E-state index in [2.05, 4.69) is 41.4 Å². The molecule has 0 unspecified atom stereocenters. The van der Waals surface area contributed by atoms with Crippen molar-refractivity contribution < 1.29 is 0 Å². The minimum Gasteiger partial charge on any atom is -0.317 e. The zero-order valence-electron chi connectivity index (χ0n) is 12.8. The Labute approximate surface area is 123 Å². The van der Waals surface area contributed by atoms with E-state index < -0.39 is 0 Å². The van der Waals surface area contributed by atoms with Gasteiger partial charge in [0, 0.05) is 13.1 Å². The maximum Gasteiger partial charge on any atom is 0.0234 e. The molecule has 2 heterocycles. The summed E-state index contributed by atoms with van der Waals surface area (Å²) in [5.74, 6) is 0. The fraction of sp³-hybridized carbons (Fsp3) is 0.667. The highest BCUT2D eigenvalue weighted by Gasteiger charge is 2.38. The highest BCUT2D eigenvalue weighted by Crippen LogP contribution is 2.38. The quantitative estimate of drug-likeness (QED) is 0.905. The van der Waals surface area contributed by atoms with Gasteiger partial charge in [0.15, 0.2) is 0 Å². The van der Waals surface area contributed by atoms with Gasteiger partial charge in [-0.2, -0.15) is 0 Å². The van der Waals surface area contributed by atoms with Crippen LogP contribution in [0.4, 0.5) is 0 Å². The molecule has 0 radical (unpaired) electrons. The number of piperidine rings is 1. The Morgan fingerprint density at radius 2 is 1.95 bits per heavy atom. The van der Waals surface area contributed by atoms with E-state index in [0.717, 1.165) is 6.54 Å². The second-order valence-corrected chi connectivity index (χ2v) is 6.78. The van der Waals surface area contributed by atoms with Crippen molar-refractivity contribution >= 4 is 0 Å². The molecule has 0 atom stereocenters. The SMILES string of the molecule is CCCc1cccc(CN2CCC3(CCNCC3)C2)c1. The summed E-state index contributed by atoms with van der Waals surface area (Å²) in [6, 6.07) is 9.21. The Balaban J connectivity index is 1.60. The second kappa shape index (κ2) is 6.28. The molecule has 0 saturated carbocycles. The van der Waals surface area contributed by atoms with E-state index in [9.17, 15) is 0 Å². The van der Waals surface area contributed by atoms with Crippen LogP contribution in [0.2, 0.25) is 0 Å². The van der Waals surface area contributed by atoms with Crippen LogP contribution in [0.1, 0.15) is 43.7 Å². The molecule has 0 aliphatic carbocycles.